The standard InChI is InChI=1S/C17H27N5O4/c1-17(2,3)26-16(23)21-11-9-20(10-12-21)8-4-7-18-15-6-5-14(13-19-15)22(24)25/h5-6,13H,4,7-12H2,1-3H3,(H,18,19). The SMILES string of the molecule is CC(C)(C)OC(=O)N1CCN(CCCNc2ccc([N+](=O)[O-])cn2)CC1. The van der Waals surface area contributed by atoms with Crippen LogP contribution in [0.2, 0.25) is 0 Å². The summed E-state index contributed by atoms with van der Waals surface area (Å²) in [6.07, 6.45) is 1.92. The largest absolute Gasteiger partial charge is 0.444 e. The van der Waals surface area contributed by atoms with Gasteiger partial charge in [-0.3, -0.25) is 15.0 Å². The van der Waals surface area contributed by atoms with Crippen LogP contribution in [0.4, 0.5) is 16.3 Å². The molecule has 1 aromatic rings. The van der Waals surface area contributed by atoms with Crippen LogP contribution in [0.15, 0.2) is 18.3 Å². The molecule has 144 valence electrons. The highest BCUT2D eigenvalue weighted by atomic mass is 16.6. The summed E-state index contributed by atoms with van der Waals surface area (Å²) in [6, 6.07) is 3.04. The normalized spacial score (nSPS) is 15.6. The Labute approximate surface area is 153 Å². The summed E-state index contributed by atoms with van der Waals surface area (Å²) in [5, 5.41) is 13.7. The molecular formula is C17H27N5O4. The lowest BCUT2D eigenvalue weighted by atomic mass is 10.2. The van der Waals surface area contributed by atoms with Gasteiger partial charge in [-0.25, -0.2) is 9.78 Å². The minimum atomic E-state index is -0.466. The van der Waals surface area contributed by atoms with Crippen molar-refractivity contribution in [1.29, 1.82) is 0 Å². The number of hydrogen-bond acceptors (Lipinski definition) is 7. The van der Waals surface area contributed by atoms with Gasteiger partial charge in [0.2, 0.25) is 0 Å². The monoisotopic (exact) mass is 365 g/mol. The number of carbonyl (C=O) groups excluding carboxylic acids is 1. The molecule has 1 aromatic heterocycles. The van der Waals surface area contributed by atoms with E-state index >= 15 is 0 Å². The molecule has 1 fully saturated rings. The molecule has 9 nitrogen and oxygen atoms in total. The van der Waals surface area contributed by atoms with E-state index in [4.69, 9.17) is 4.74 Å². The summed E-state index contributed by atoms with van der Waals surface area (Å²) in [6.45, 7) is 10.3. The third-order valence-corrected chi connectivity index (χ3v) is 3.94. The quantitative estimate of drug-likeness (QED) is 0.469. The molecule has 0 atom stereocenters. The molecule has 0 aliphatic carbocycles. The van der Waals surface area contributed by atoms with Crippen molar-refractivity contribution in [1.82, 2.24) is 14.8 Å². The molecule has 2 rings (SSSR count). The van der Waals surface area contributed by atoms with Gasteiger partial charge in [0.15, 0.2) is 0 Å². The van der Waals surface area contributed by atoms with Crippen LogP contribution < -0.4 is 5.32 Å². The lowest BCUT2D eigenvalue weighted by Gasteiger charge is -2.35. The number of carbonyl (C=O) groups is 1. The Morgan fingerprint density at radius 2 is 2.00 bits per heavy atom. The van der Waals surface area contributed by atoms with Gasteiger partial charge in [-0.1, -0.05) is 0 Å². The van der Waals surface area contributed by atoms with Crippen LogP contribution in [-0.2, 0) is 4.74 Å². The van der Waals surface area contributed by atoms with Gasteiger partial charge in [-0.15, -0.1) is 0 Å². The minimum Gasteiger partial charge on any atom is -0.444 e. The molecule has 1 amide bonds. The highest BCUT2D eigenvalue weighted by molar-refractivity contribution is 5.68. The van der Waals surface area contributed by atoms with E-state index in [1.165, 1.54) is 12.3 Å². The Hall–Kier alpha value is -2.42. The first kappa shape index (κ1) is 19.9. The average Bonchev–Trinajstić information content (AvgIpc) is 2.58. The third kappa shape index (κ3) is 6.47. The fourth-order valence-corrected chi connectivity index (χ4v) is 2.60. The van der Waals surface area contributed by atoms with Gasteiger partial charge < -0.3 is 15.0 Å². The van der Waals surface area contributed by atoms with Crippen LogP contribution in [0.3, 0.4) is 0 Å². The number of anilines is 1. The van der Waals surface area contributed by atoms with E-state index in [2.05, 4.69) is 15.2 Å². The molecule has 0 radical (unpaired) electrons. The molecule has 0 spiro atoms. The maximum absolute atomic E-state index is 12.0. The molecule has 1 N–H and O–H groups in total. The van der Waals surface area contributed by atoms with E-state index in [0.29, 0.717) is 18.9 Å². The van der Waals surface area contributed by atoms with Gasteiger partial charge in [0.1, 0.15) is 17.6 Å². The van der Waals surface area contributed by atoms with E-state index < -0.39 is 10.5 Å². The summed E-state index contributed by atoms with van der Waals surface area (Å²) in [5.74, 6) is 0.630. The Bertz CT molecular complexity index is 607. The van der Waals surface area contributed by atoms with Crippen molar-refractivity contribution in [2.75, 3.05) is 44.6 Å². The molecule has 1 aliphatic heterocycles. The van der Waals surface area contributed by atoms with Gasteiger partial charge in [0.05, 0.1) is 4.92 Å². The molecule has 26 heavy (non-hydrogen) atoms. The highest BCUT2D eigenvalue weighted by Crippen LogP contribution is 2.13. The number of hydrogen-bond donors (Lipinski definition) is 1. The maximum atomic E-state index is 12.0. The van der Waals surface area contributed by atoms with Crippen molar-refractivity contribution in [3.8, 4) is 0 Å². The zero-order valence-electron chi connectivity index (χ0n) is 15.6. The Balaban J connectivity index is 1.63. The number of rotatable bonds is 6. The van der Waals surface area contributed by atoms with E-state index in [9.17, 15) is 14.9 Å². The topological polar surface area (TPSA) is 101 Å². The van der Waals surface area contributed by atoms with Crippen LogP contribution in [-0.4, -0.2) is 70.7 Å². The Kier molecular flexibility index (Phi) is 6.73. The van der Waals surface area contributed by atoms with Crippen LogP contribution in [0.5, 0.6) is 0 Å². The number of nitro groups is 1. The predicted octanol–water partition coefficient (Wildman–Crippen LogP) is 2.34. The van der Waals surface area contributed by atoms with Crippen molar-refractivity contribution in [3.05, 3.63) is 28.4 Å². The zero-order valence-corrected chi connectivity index (χ0v) is 15.6. The van der Waals surface area contributed by atoms with Crippen LogP contribution >= 0.6 is 0 Å². The second-order valence-corrected chi connectivity index (χ2v) is 7.25. The van der Waals surface area contributed by atoms with Gasteiger partial charge in [0.25, 0.3) is 5.69 Å². The molecule has 1 saturated heterocycles. The number of ether oxygens (including phenoxy) is 1. The molecule has 0 bridgehead atoms. The van der Waals surface area contributed by atoms with Crippen LogP contribution in [0.1, 0.15) is 27.2 Å². The average molecular weight is 365 g/mol. The molecule has 1 aliphatic rings. The summed E-state index contributed by atoms with van der Waals surface area (Å²) >= 11 is 0. The van der Waals surface area contributed by atoms with Crippen molar-refractivity contribution < 1.29 is 14.5 Å². The molecule has 0 aromatic carbocycles. The van der Waals surface area contributed by atoms with Crippen LogP contribution in [0, 0.1) is 10.1 Å². The summed E-state index contributed by atoms with van der Waals surface area (Å²) in [4.78, 5) is 30.2. The Morgan fingerprint density at radius 1 is 1.31 bits per heavy atom. The second kappa shape index (κ2) is 8.79. The first-order chi connectivity index (χ1) is 12.2. The highest BCUT2D eigenvalue weighted by Gasteiger charge is 2.25. The van der Waals surface area contributed by atoms with Gasteiger partial charge in [-0.2, -0.15) is 0 Å². The number of nitrogens with one attached hydrogen (secondary N) is 1. The van der Waals surface area contributed by atoms with E-state index in [0.717, 1.165) is 32.6 Å². The lowest BCUT2D eigenvalue weighted by molar-refractivity contribution is -0.385. The molecule has 2 heterocycles. The first-order valence-electron chi connectivity index (χ1n) is 8.79. The lowest BCUT2D eigenvalue weighted by Crippen LogP contribution is -2.50. The van der Waals surface area contributed by atoms with Gasteiger partial charge in [-0.05, 0) is 39.8 Å². The van der Waals surface area contributed by atoms with Crippen LogP contribution in [0.25, 0.3) is 0 Å². The fourth-order valence-electron chi connectivity index (χ4n) is 2.60. The fraction of sp³-hybridized carbons (Fsp3) is 0.647. The summed E-state index contributed by atoms with van der Waals surface area (Å²) in [7, 11) is 0. The van der Waals surface area contributed by atoms with E-state index in [1.54, 1.807) is 11.0 Å². The van der Waals surface area contributed by atoms with E-state index in [1.807, 2.05) is 20.8 Å². The molecule has 9 heteroatoms. The van der Waals surface area contributed by atoms with Crippen molar-refractivity contribution in [2.24, 2.45) is 0 Å². The van der Waals surface area contributed by atoms with Gasteiger partial charge in [0, 0.05) is 38.8 Å². The first-order valence-corrected chi connectivity index (χ1v) is 8.79. The smallest absolute Gasteiger partial charge is 0.410 e. The molecule has 0 unspecified atom stereocenters. The zero-order chi connectivity index (χ0) is 19.2. The predicted molar refractivity (Wildman–Crippen MR) is 98.2 cm³/mol. The molecule has 0 saturated carbocycles. The number of amides is 1. The number of nitrogens with zero attached hydrogens (tertiary/aromatic N) is 4. The van der Waals surface area contributed by atoms with Crippen molar-refractivity contribution >= 4 is 17.6 Å². The van der Waals surface area contributed by atoms with Crippen molar-refractivity contribution in [3.63, 3.8) is 0 Å². The number of aromatic nitrogens is 1. The van der Waals surface area contributed by atoms with Crippen molar-refractivity contribution in [2.45, 2.75) is 32.8 Å². The maximum Gasteiger partial charge on any atom is 0.410 e. The summed E-state index contributed by atoms with van der Waals surface area (Å²) in [5.41, 5.74) is -0.482. The second-order valence-electron chi connectivity index (χ2n) is 7.25. The third-order valence-electron chi connectivity index (χ3n) is 3.94. The van der Waals surface area contributed by atoms with Gasteiger partial charge >= 0.3 is 6.09 Å². The minimum absolute atomic E-state index is 0.0154. The number of pyridine rings is 1. The summed E-state index contributed by atoms with van der Waals surface area (Å²) < 4.78 is 5.39. The van der Waals surface area contributed by atoms with E-state index in [-0.39, 0.29) is 11.8 Å². The Morgan fingerprint density at radius 3 is 2.54 bits per heavy atom. The number of piperazine rings is 1. The molecular weight excluding hydrogens is 338 g/mol.